The first-order valence-electron chi connectivity index (χ1n) is 5.40. The van der Waals surface area contributed by atoms with Gasteiger partial charge >= 0.3 is 6.16 Å². The Balaban J connectivity index is 1.97. The first-order chi connectivity index (χ1) is 6.77. The van der Waals surface area contributed by atoms with Gasteiger partial charge in [-0.2, -0.15) is 0 Å². The second kappa shape index (κ2) is 4.17. The van der Waals surface area contributed by atoms with E-state index < -0.39 is 6.16 Å². The molecule has 14 heavy (non-hydrogen) atoms. The SMILES string of the molecule is O=C(O)OC1NCCC2CCCCC21. The van der Waals surface area contributed by atoms with Crippen molar-refractivity contribution in [1.29, 1.82) is 0 Å². The number of carbonyl (C=O) groups is 1. The minimum Gasteiger partial charge on any atom is -0.450 e. The highest BCUT2D eigenvalue weighted by Crippen LogP contribution is 2.36. The van der Waals surface area contributed by atoms with E-state index in [-0.39, 0.29) is 6.23 Å². The molecule has 1 heterocycles. The van der Waals surface area contributed by atoms with Crippen LogP contribution in [0, 0.1) is 11.8 Å². The molecule has 2 N–H and O–H groups in total. The Hall–Kier alpha value is -0.770. The van der Waals surface area contributed by atoms with Gasteiger partial charge in [0.15, 0.2) is 6.23 Å². The van der Waals surface area contributed by atoms with Gasteiger partial charge in [0.2, 0.25) is 0 Å². The smallest absolute Gasteiger partial charge is 0.450 e. The molecule has 0 radical (unpaired) electrons. The summed E-state index contributed by atoms with van der Waals surface area (Å²) in [6.45, 7) is 0.888. The molecule has 0 spiro atoms. The lowest BCUT2D eigenvalue weighted by atomic mass is 9.74. The first kappa shape index (κ1) is 9.77. The van der Waals surface area contributed by atoms with Crippen LogP contribution in [0.5, 0.6) is 0 Å². The quantitative estimate of drug-likeness (QED) is 0.632. The van der Waals surface area contributed by atoms with Crippen molar-refractivity contribution in [2.24, 2.45) is 11.8 Å². The van der Waals surface area contributed by atoms with E-state index in [1.165, 1.54) is 25.7 Å². The summed E-state index contributed by atoms with van der Waals surface area (Å²) in [5, 5.41) is 11.7. The van der Waals surface area contributed by atoms with Crippen molar-refractivity contribution in [3.05, 3.63) is 0 Å². The van der Waals surface area contributed by atoms with E-state index >= 15 is 0 Å². The van der Waals surface area contributed by atoms with Crippen LogP contribution in [0.4, 0.5) is 4.79 Å². The van der Waals surface area contributed by atoms with Gasteiger partial charge in [0.1, 0.15) is 0 Å². The van der Waals surface area contributed by atoms with E-state index in [1.807, 2.05) is 0 Å². The summed E-state index contributed by atoms with van der Waals surface area (Å²) in [5.41, 5.74) is 0. The second-order valence-electron chi connectivity index (χ2n) is 4.26. The lowest BCUT2D eigenvalue weighted by Crippen LogP contribution is -2.49. The molecule has 1 saturated heterocycles. The predicted molar refractivity (Wildman–Crippen MR) is 51.0 cm³/mol. The average Bonchev–Trinajstić information content (AvgIpc) is 2.18. The molecule has 80 valence electrons. The maximum absolute atomic E-state index is 10.5. The lowest BCUT2D eigenvalue weighted by molar-refractivity contribution is -0.0383. The Morgan fingerprint density at radius 1 is 1.29 bits per heavy atom. The van der Waals surface area contributed by atoms with Crippen LogP contribution in [-0.4, -0.2) is 24.0 Å². The summed E-state index contributed by atoms with van der Waals surface area (Å²) in [7, 11) is 0. The third kappa shape index (κ3) is 2.00. The molecule has 3 unspecified atom stereocenters. The third-order valence-corrected chi connectivity index (χ3v) is 3.45. The van der Waals surface area contributed by atoms with E-state index in [0.29, 0.717) is 11.8 Å². The zero-order chi connectivity index (χ0) is 9.97. The molecule has 2 fully saturated rings. The molecule has 0 aromatic rings. The van der Waals surface area contributed by atoms with Crippen molar-refractivity contribution in [2.75, 3.05) is 6.54 Å². The van der Waals surface area contributed by atoms with E-state index in [4.69, 9.17) is 9.84 Å². The molecule has 0 aromatic carbocycles. The van der Waals surface area contributed by atoms with Gasteiger partial charge in [0.05, 0.1) is 0 Å². The van der Waals surface area contributed by atoms with Crippen molar-refractivity contribution >= 4 is 6.16 Å². The van der Waals surface area contributed by atoms with Crippen LogP contribution in [0.25, 0.3) is 0 Å². The van der Waals surface area contributed by atoms with Crippen LogP contribution < -0.4 is 5.32 Å². The van der Waals surface area contributed by atoms with Gasteiger partial charge in [-0.3, -0.25) is 5.32 Å². The molecular formula is C10H17NO3. The summed E-state index contributed by atoms with van der Waals surface area (Å²) in [6.07, 6.45) is 4.61. The predicted octanol–water partition coefficient (Wildman–Crippen LogP) is 1.81. The molecular weight excluding hydrogens is 182 g/mol. The van der Waals surface area contributed by atoms with Gasteiger partial charge in [-0.25, -0.2) is 4.79 Å². The van der Waals surface area contributed by atoms with Gasteiger partial charge in [-0.15, -0.1) is 0 Å². The monoisotopic (exact) mass is 199 g/mol. The van der Waals surface area contributed by atoms with E-state index in [0.717, 1.165) is 13.0 Å². The van der Waals surface area contributed by atoms with E-state index in [9.17, 15) is 4.79 Å². The highest BCUT2D eigenvalue weighted by Gasteiger charge is 2.36. The number of fused-ring (bicyclic) bond motifs is 1. The second-order valence-corrected chi connectivity index (χ2v) is 4.26. The standard InChI is InChI=1S/C10H17NO3/c12-10(13)14-9-8-4-2-1-3-7(8)5-6-11-9/h7-9,11H,1-6H2,(H,12,13). The van der Waals surface area contributed by atoms with Gasteiger partial charge in [0, 0.05) is 5.92 Å². The Morgan fingerprint density at radius 2 is 2.07 bits per heavy atom. The minimum atomic E-state index is -1.16. The molecule has 2 rings (SSSR count). The molecule has 1 aliphatic carbocycles. The Morgan fingerprint density at radius 3 is 2.86 bits per heavy atom. The lowest BCUT2D eigenvalue weighted by Gasteiger charge is -2.40. The van der Waals surface area contributed by atoms with Gasteiger partial charge in [-0.05, 0) is 31.7 Å². The maximum Gasteiger partial charge on any atom is 0.507 e. The third-order valence-electron chi connectivity index (χ3n) is 3.45. The van der Waals surface area contributed by atoms with Crippen molar-refractivity contribution < 1.29 is 14.6 Å². The van der Waals surface area contributed by atoms with Crippen LogP contribution >= 0.6 is 0 Å². The van der Waals surface area contributed by atoms with Crippen LogP contribution in [0.3, 0.4) is 0 Å². The Kier molecular flexibility index (Phi) is 2.91. The maximum atomic E-state index is 10.5. The van der Waals surface area contributed by atoms with Crippen molar-refractivity contribution in [1.82, 2.24) is 5.32 Å². The summed E-state index contributed by atoms with van der Waals surface area (Å²) < 4.78 is 4.87. The summed E-state index contributed by atoms with van der Waals surface area (Å²) in [5.74, 6) is 1.09. The Labute approximate surface area is 83.6 Å². The summed E-state index contributed by atoms with van der Waals surface area (Å²) in [6, 6.07) is 0. The molecule has 4 nitrogen and oxygen atoms in total. The molecule has 2 aliphatic rings. The van der Waals surface area contributed by atoms with Gasteiger partial charge < -0.3 is 9.84 Å². The summed E-state index contributed by atoms with van der Waals surface area (Å²) >= 11 is 0. The topological polar surface area (TPSA) is 58.6 Å². The Bertz CT molecular complexity index is 217. The fraction of sp³-hybridized carbons (Fsp3) is 0.900. The number of ether oxygens (including phenoxy) is 1. The van der Waals surface area contributed by atoms with Crippen LogP contribution in [0.15, 0.2) is 0 Å². The molecule has 0 aromatic heterocycles. The molecule has 3 atom stereocenters. The number of nitrogens with one attached hydrogen (secondary N) is 1. The fourth-order valence-electron chi connectivity index (χ4n) is 2.79. The van der Waals surface area contributed by atoms with Crippen molar-refractivity contribution in [3.63, 3.8) is 0 Å². The van der Waals surface area contributed by atoms with Crippen molar-refractivity contribution in [3.8, 4) is 0 Å². The largest absolute Gasteiger partial charge is 0.507 e. The van der Waals surface area contributed by atoms with E-state index in [2.05, 4.69) is 5.32 Å². The highest BCUT2D eigenvalue weighted by molar-refractivity contribution is 5.57. The van der Waals surface area contributed by atoms with Crippen LogP contribution in [0.2, 0.25) is 0 Å². The molecule has 0 amide bonds. The molecule has 1 saturated carbocycles. The normalized spacial score (nSPS) is 37.3. The van der Waals surface area contributed by atoms with Gasteiger partial charge in [0.25, 0.3) is 0 Å². The van der Waals surface area contributed by atoms with E-state index in [1.54, 1.807) is 0 Å². The zero-order valence-corrected chi connectivity index (χ0v) is 8.24. The summed E-state index contributed by atoms with van der Waals surface area (Å²) in [4.78, 5) is 10.5. The number of piperidine rings is 1. The number of hydrogen-bond donors (Lipinski definition) is 2. The fourth-order valence-corrected chi connectivity index (χ4v) is 2.79. The number of hydrogen-bond acceptors (Lipinski definition) is 3. The van der Waals surface area contributed by atoms with Crippen LogP contribution in [0.1, 0.15) is 32.1 Å². The molecule has 1 aliphatic heterocycles. The number of carboxylic acid groups (broad SMARTS) is 1. The van der Waals surface area contributed by atoms with Crippen molar-refractivity contribution in [2.45, 2.75) is 38.3 Å². The van der Waals surface area contributed by atoms with Crippen LogP contribution in [-0.2, 0) is 4.74 Å². The highest BCUT2D eigenvalue weighted by atomic mass is 16.7. The molecule has 0 bridgehead atoms. The minimum absolute atomic E-state index is 0.258. The molecule has 4 heteroatoms. The number of rotatable bonds is 1. The average molecular weight is 199 g/mol. The first-order valence-corrected chi connectivity index (χ1v) is 5.40. The van der Waals surface area contributed by atoms with Gasteiger partial charge in [-0.1, -0.05) is 12.8 Å². The zero-order valence-electron chi connectivity index (χ0n) is 8.24.